The van der Waals surface area contributed by atoms with E-state index in [2.05, 4.69) is 285 Å². The van der Waals surface area contributed by atoms with Gasteiger partial charge >= 0.3 is 0 Å². The number of nitrogens with zero attached hydrogens (tertiary/aromatic N) is 1. The summed E-state index contributed by atoms with van der Waals surface area (Å²) in [6.07, 6.45) is 0. The molecule has 0 fully saturated rings. The highest BCUT2D eigenvalue weighted by atomic mass is 14.7. The quantitative estimate of drug-likeness (QED) is 0.172. The Hall–Kier alpha value is -10.2. The summed E-state index contributed by atoms with van der Waals surface area (Å²) in [5.74, 6) is 0. The fourth-order valence-electron chi connectivity index (χ4n) is 16.8. The van der Waals surface area contributed by atoms with E-state index in [1.807, 2.05) is 0 Å². The molecule has 0 unspecified atom stereocenters. The summed E-state index contributed by atoms with van der Waals surface area (Å²) < 4.78 is 0. The third kappa shape index (κ3) is 5.22. The average molecular weight is 1020 g/mol. The lowest BCUT2D eigenvalue weighted by atomic mass is 9.70. The number of rotatable bonds is 3. The van der Waals surface area contributed by atoms with Crippen molar-refractivity contribution in [1.82, 2.24) is 4.98 Å². The maximum atomic E-state index is 5.89. The Morgan fingerprint density at radius 2 is 0.358 bits per heavy atom. The van der Waals surface area contributed by atoms with Crippen LogP contribution in [0.5, 0.6) is 0 Å². The minimum absolute atomic E-state index is 0.470. The first-order valence-electron chi connectivity index (χ1n) is 28.5. The van der Waals surface area contributed by atoms with Crippen LogP contribution in [0.3, 0.4) is 0 Å². The highest BCUT2D eigenvalue weighted by Crippen LogP contribution is 2.66. The normalized spacial score (nSPS) is 15.0. The lowest BCUT2D eigenvalue weighted by Gasteiger charge is -2.31. The van der Waals surface area contributed by atoms with Gasteiger partial charge in [0.25, 0.3) is 0 Å². The Balaban J connectivity index is 0.869. The average Bonchev–Trinajstić information content (AvgIpc) is 1.87. The second kappa shape index (κ2) is 15.5. The van der Waals surface area contributed by atoms with Crippen LogP contribution in [0, 0.1) is 0 Å². The molecule has 0 aliphatic heterocycles. The summed E-state index contributed by atoms with van der Waals surface area (Å²) in [6, 6.07) is 108. The van der Waals surface area contributed by atoms with E-state index in [1.54, 1.807) is 0 Å². The highest BCUT2D eigenvalue weighted by Gasteiger charge is 2.54. The summed E-state index contributed by atoms with van der Waals surface area (Å²) in [7, 11) is 0. The largest absolute Gasteiger partial charge is 0.248 e. The van der Waals surface area contributed by atoms with Gasteiger partial charge in [0.05, 0.1) is 27.6 Å². The van der Waals surface area contributed by atoms with Crippen molar-refractivity contribution in [2.75, 3.05) is 0 Å². The maximum Gasteiger partial charge on any atom is 0.0725 e. The van der Waals surface area contributed by atoms with E-state index in [0.717, 1.165) is 28.1 Å². The molecule has 1 heterocycles. The fourth-order valence-corrected chi connectivity index (χ4v) is 16.8. The number of hydrogen-bond acceptors (Lipinski definition) is 1. The van der Waals surface area contributed by atoms with Gasteiger partial charge in [-0.1, -0.05) is 255 Å². The smallest absolute Gasteiger partial charge is 0.0725 e. The van der Waals surface area contributed by atoms with Crippen molar-refractivity contribution in [3.8, 4) is 100 Å². The van der Waals surface area contributed by atoms with E-state index < -0.39 is 16.2 Å². The summed E-state index contributed by atoms with van der Waals surface area (Å²) in [6.45, 7) is 0. The van der Waals surface area contributed by atoms with Crippen LogP contribution in [0.2, 0.25) is 0 Å². The summed E-state index contributed by atoms with van der Waals surface area (Å²) >= 11 is 0. The predicted molar refractivity (Wildman–Crippen MR) is 329 cm³/mol. The van der Waals surface area contributed by atoms with Gasteiger partial charge in [0.15, 0.2) is 0 Å². The van der Waals surface area contributed by atoms with Crippen LogP contribution in [0.15, 0.2) is 285 Å². The van der Waals surface area contributed by atoms with Crippen LogP contribution in [-0.2, 0) is 16.2 Å². The predicted octanol–water partition coefficient (Wildman–Crippen LogP) is 19.1. The Kier molecular flexibility index (Phi) is 8.39. The Labute approximate surface area is 470 Å². The molecule has 372 valence electrons. The van der Waals surface area contributed by atoms with Gasteiger partial charge < -0.3 is 0 Å². The van der Waals surface area contributed by atoms with E-state index in [-0.39, 0.29) is 0 Å². The molecule has 13 aromatic rings. The van der Waals surface area contributed by atoms with Crippen molar-refractivity contribution in [1.29, 1.82) is 0 Å². The second-order valence-corrected chi connectivity index (χ2v) is 23.1. The fraction of sp³-hybridized carbons (Fsp3) is 0.0375. The zero-order valence-corrected chi connectivity index (χ0v) is 44.1. The number of hydrogen-bond donors (Lipinski definition) is 0. The number of fused-ring (bicyclic) bond motifs is 30. The minimum atomic E-state index is -0.482. The highest BCUT2D eigenvalue weighted by molar-refractivity contribution is 6.00. The van der Waals surface area contributed by atoms with Crippen LogP contribution in [0.25, 0.3) is 100 Å². The van der Waals surface area contributed by atoms with Crippen LogP contribution < -0.4 is 0 Å². The lowest BCUT2D eigenvalue weighted by molar-refractivity contribution is 0.794. The van der Waals surface area contributed by atoms with Crippen LogP contribution in [-0.4, -0.2) is 4.98 Å². The van der Waals surface area contributed by atoms with Gasteiger partial charge in [-0.05, 0) is 175 Å². The molecule has 0 N–H and O–H groups in total. The molecule has 1 aromatic heterocycles. The third-order valence-electron chi connectivity index (χ3n) is 19.7. The first kappa shape index (κ1) is 43.7. The van der Waals surface area contributed by atoms with Crippen LogP contribution >= 0.6 is 0 Å². The topological polar surface area (TPSA) is 12.9 Å². The monoisotopic (exact) mass is 1020 g/mol. The first-order chi connectivity index (χ1) is 40.2. The Morgan fingerprint density at radius 3 is 0.605 bits per heavy atom. The van der Waals surface area contributed by atoms with Crippen molar-refractivity contribution in [2.24, 2.45) is 0 Å². The second-order valence-electron chi connectivity index (χ2n) is 23.1. The molecule has 0 amide bonds. The van der Waals surface area contributed by atoms with Crippen molar-refractivity contribution < 1.29 is 0 Å². The summed E-state index contributed by atoms with van der Waals surface area (Å²) in [5.41, 5.74) is 36.5. The number of aromatic nitrogens is 1. The van der Waals surface area contributed by atoms with E-state index in [1.165, 1.54) is 139 Å². The van der Waals surface area contributed by atoms with Crippen molar-refractivity contribution in [2.45, 2.75) is 16.2 Å². The third-order valence-corrected chi connectivity index (χ3v) is 19.7. The molecule has 0 saturated carbocycles. The van der Waals surface area contributed by atoms with Gasteiger partial charge in [0.1, 0.15) is 0 Å². The SMILES string of the molecule is c1ccc2c(c1)-c1ccccc1C21c2ccccc2-c2ccc(-c3cc(-c4ccc5c(c4)C4(c6ccccc6-c6ccccc64)c4ccccc4-5)nc(-c4ccc5c(c4)C4(c6ccccc6-c6ccccc64)c4ccccc4-5)c3)cc21. The molecule has 3 spiro atoms. The molecule has 0 radical (unpaired) electrons. The molecule has 81 heavy (non-hydrogen) atoms. The van der Waals surface area contributed by atoms with E-state index >= 15 is 0 Å². The lowest BCUT2D eigenvalue weighted by Crippen LogP contribution is -2.26. The van der Waals surface area contributed by atoms with E-state index in [9.17, 15) is 0 Å². The van der Waals surface area contributed by atoms with Gasteiger partial charge in [-0.25, -0.2) is 4.98 Å². The molecule has 6 aliphatic rings. The molecule has 0 saturated heterocycles. The van der Waals surface area contributed by atoms with Gasteiger partial charge in [0.2, 0.25) is 0 Å². The van der Waals surface area contributed by atoms with Crippen molar-refractivity contribution in [3.05, 3.63) is 352 Å². The first-order valence-corrected chi connectivity index (χ1v) is 28.5. The van der Waals surface area contributed by atoms with Crippen LogP contribution in [0.1, 0.15) is 66.8 Å². The summed E-state index contributed by atoms with van der Waals surface area (Å²) in [4.78, 5) is 5.89. The molecular formula is C80H47N. The molecule has 0 bridgehead atoms. The zero-order chi connectivity index (χ0) is 52.8. The molecule has 19 rings (SSSR count). The molecule has 0 atom stereocenters. The molecule has 1 heteroatoms. The minimum Gasteiger partial charge on any atom is -0.248 e. The van der Waals surface area contributed by atoms with Crippen molar-refractivity contribution >= 4 is 0 Å². The van der Waals surface area contributed by atoms with Gasteiger partial charge in [-0.3, -0.25) is 0 Å². The summed E-state index contributed by atoms with van der Waals surface area (Å²) in [5, 5.41) is 0. The molecular weight excluding hydrogens is 975 g/mol. The maximum absolute atomic E-state index is 5.89. The van der Waals surface area contributed by atoms with Crippen LogP contribution in [0.4, 0.5) is 0 Å². The van der Waals surface area contributed by atoms with E-state index in [0.29, 0.717) is 0 Å². The van der Waals surface area contributed by atoms with Crippen molar-refractivity contribution in [3.63, 3.8) is 0 Å². The zero-order valence-electron chi connectivity index (χ0n) is 44.1. The van der Waals surface area contributed by atoms with E-state index in [4.69, 9.17) is 4.98 Å². The Bertz CT molecular complexity index is 4270. The Morgan fingerprint density at radius 1 is 0.160 bits per heavy atom. The van der Waals surface area contributed by atoms with Gasteiger partial charge in [0, 0.05) is 11.1 Å². The standard InChI is InChI=1S/C80H47N/c1-10-28-64-52(19-1)53-20-2-11-29-65(53)78(64)70-34-16-7-25-58(70)61-40-37-48(43-73(61)78)51-46-76(49-38-41-62-59-26-8-17-35-71(59)79(74(62)44-49)66-30-12-3-21-54(66)55-22-4-13-31-67(55)79)81-77(47-51)50-39-42-63-60-27-9-18-36-72(60)80(75(63)45-50)68-32-14-5-23-56(68)57-24-6-15-33-69(57)80/h1-47H. The molecule has 12 aromatic carbocycles. The van der Waals surface area contributed by atoms with Gasteiger partial charge in [-0.15, -0.1) is 0 Å². The molecule has 6 aliphatic carbocycles. The van der Waals surface area contributed by atoms with Gasteiger partial charge in [-0.2, -0.15) is 0 Å². The number of pyridine rings is 1. The number of benzene rings is 12. The molecule has 1 nitrogen and oxygen atoms in total.